The third-order valence-electron chi connectivity index (χ3n) is 6.89. The van der Waals surface area contributed by atoms with Gasteiger partial charge in [-0.1, -0.05) is 44.2 Å². The highest BCUT2D eigenvalue weighted by atomic mass is 19.1. The zero-order valence-electron chi connectivity index (χ0n) is 20.1. The van der Waals surface area contributed by atoms with E-state index in [1.165, 1.54) is 11.6 Å². The van der Waals surface area contributed by atoms with Gasteiger partial charge < -0.3 is 4.42 Å². The van der Waals surface area contributed by atoms with Gasteiger partial charge in [-0.2, -0.15) is 4.57 Å². The second-order valence-corrected chi connectivity index (χ2v) is 9.45. The van der Waals surface area contributed by atoms with Crippen molar-refractivity contribution in [2.75, 3.05) is 0 Å². The third kappa shape index (κ3) is 3.18. The molecule has 4 aromatic carbocycles. The monoisotopic (exact) mass is 467 g/mol. The van der Waals surface area contributed by atoms with E-state index in [-0.39, 0.29) is 5.58 Å². The van der Waals surface area contributed by atoms with E-state index in [0.29, 0.717) is 22.3 Å². The summed E-state index contributed by atoms with van der Waals surface area (Å²) in [6, 6.07) is 22.8. The summed E-state index contributed by atoms with van der Waals surface area (Å²) in [4.78, 5) is 0. The van der Waals surface area contributed by atoms with Crippen LogP contribution < -0.4 is 4.57 Å². The topological polar surface area (TPSA) is 21.9 Å². The lowest BCUT2D eigenvalue weighted by Gasteiger charge is -2.12. The lowest BCUT2D eigenvalue weighted by atomic mass is 10.00. The molecule has 5 heteroatoms. The van der Waals surface area contributed by atoms with E-state index in [2.05, 4.69) is 66.4 Å². The van der Waals surface area contributed by atoms with Crippen molar-refractivity contribution < 1.29 is 17.8 Å². The van der Waals surface area contributed by atoms with Gasteiger partial charge in [0.2, 0.25) is 0 Å². The van der Waals surface area contributed by atoms with Crippen LogP contribution in [0.5, 0.6) is 0 Å². The van der Waals surface area contributed by atoms with E-state index in [4.69, 9.17) is 4.42 Å². The van der Waals surface area contributed by atoms with Gasteiger partial charge in [0.1, 0.15) is 28.5 Å². The lowest BCUT2D eigenvalue weighted by molar-refractivity contribution is -0.633. The van der Waals surface area contributed by atoms with Crippen molar-refractivity contribution in [1.82, 2.24) is 4.57 Å². The van der Waals surface area contributed by atoms with Crippen molar-refractivity contribution in [2.24, 2.45) is 7.05 Å². The number of furan rings is 1. The first-order valence-corrected chi connectivity index (χ1v) is 11.8. The standard InChI is InChI=1S/C30H25F2N2O/c1-17(2)20-9-5-6-10-24(20)34-26-12-8-7-11-25(26)33(4)30(34)21-16-22-27(13-18(21)3)35-28-15-19(31)14-23(32)29(22)28/h5-17H,1-4H3/q+1. The van der Waals surface area contributed by atoms with Crippen molar-refractivity contribution in [3.8, 4) is 17.1 Å². The number of halogens is 2. The van der Waals surface area contributed by atoms with Crippen molar-refractivity contribution in [2.45, 2.75) is 26.7 Å². The minimum Gasteiger partial charge on any atom is -0.456 e. The number of para-hydroxylation sites is 3. The normalized spacial score (nSPS) is 12.0. The molecule has 174 valence electrons. The van der Waals surface area contributed by atoms with Crippen LogP contribution in [0.3, 0.4) is 0 Å². The van der Waals surface area contributed by atoms with Crippen LogP contribution >= 0.6 is 0 Å². The molecular weight excluding hydrogens is 442 g/mol. The Morgan fingerprint density at radius 1 is 0.886 bits per heavy atom. The Balaban J connectivity index is 1.75. The molecule has 0 aliphatic heterocycles. The second-order valence-electron chi connectivity index (χ2n) is 9.45. The van der Waals surface area contributed by atoms with Crippen molar-refractivity contribution in [1.29, 1.82) is 0 Å². The van der Waals surface area contributed by atoms with Gasteiger partial charge in [-0.25, -0.2) is 13.3 Å². The fourth-order valence-electron chi connectivity index (χ4n) is 5.25. The number of rotatable bonds is 3. The molecular formula is C30H25F2N2O+. The van der Waals surface area contributed by atoms with Crippen molar-refractivity contribution in [3.05, 3.63) is 95.6 Å². The maximum Gasteiger partial charge on any atom is 0.295 e. The van der Waals surface area contributed by atoms with Crippen molar-refractivity contribution >= 4 is 33.0 Å². The minimum atomic E-state index is -0.650. The molecule has 6 aromatic rings. The zero-order chi connectivity index (χ0) is 24.4. The summed E-state index contributed by atoms with van der Waals surface area (Å²) in [7, 11) is 2.05. The summed E-state index contributed by atoms with van der Waals surface area (Å²) in [6.45, 7) is 6.41. The summed E-state index contributed by atoms with van der Waals surface area (Å²) < 4.78 is 39.0. The Labute approximate surface area is 201 Å². The predicted molar refractivity (Wildman–Crippen MR) is 136 cm³/mol. The Hall–Kier alpha value is -3.99. The van der Waals surface area contributed by atoms with Gasteiger partial charge in [-0.15, -0.1) is 0 Å². The number of hydrogen-bond donors (Lipinski definition) is 0. The number of benzene rings is 4. The maximum absolute atomic E-state index is 14.9. The molecule has 0 fully saturated rings. The Bertz CT molecular complexity index is 1780. The van der Waals surface area contributed by atoms with Crippen LogP contribution in [0.1, 0.15) is 30.9 Å². The van der Waals surface area contributed by atoms with Crippen LogP contribution in [-0.4, -0.2) is 4.57 Å². The number of aryl methyl sites for hydroxylation is 2. The average Bonchev–Trinajstić information content (AvgIpc) is 3.32. The molecule has 0 amide bonds. The molecule has 0 N–H and O–H groups in total. The summed E-state index contributed by atoms with van der Waals surface area (Å²) in [5.41, 5.74) is 7.22. The summed E-state index contributed by atoms with van der Waals surface area (Å²) in [5.74, 6) is 0.0397. The smallest absolute Gasteiger partial charge is 0.295 e. The maximum atomic E-state index is 14.9. The third-order valence-corrected chi connectivity index (χ3v) is 6.89. The van der Waals surface area contributed by atoms with E-state index in [1.807, 2.05) is 31.2 Å². The molecule has 6 rings (SSSR count). The number of aromatic nitrogens is 2. The van der Waals surface area contributed by atoms with Gasteiger partial charge in [0.05, 0.1) is 18.0 Å². The fourth-order valence-corrected chi connectivity index (χ4v) is 5.25. The van der Waals surface area contributed by atoms with E-state index >= 15 is 0 Å². The van der Waals surface area contributed by atoms with Crippen LogP contribution in [0.15, 0.2) is 77.2 Å². The predicted octanol–water partition coefficient (Wildman–Crippen LogP) is 7.73. The zero-order valence-corrected chi connectivity index (χ0v) is 20.1. The highest BCUT2D eigenvalue weighted by Gasteiger charge is 2.29. The molecule has 0 saturated carbocycles. The Kier molecular flexibility index (Phi) is 4.78. The first-order valence-electron chi connectivity index (χ1n) is 11.8. The van der Waals surface area contributed by atoms with Gasteiger partial charge in [0, 0.05) is 23.1 Å². The molecule has 35 heavy (non-hydrogen) atoms. The fraction of sp³-hybridized carbons (Fsp3) is 0.167. The largest absolute Gasteiger partial charge is 0.456 e. The highest BCUT2D eigenvalue weighted by Crippen LogP contribution is 2.38. The van der Waals surface area contributed by atoms with Gasteiger partial charge in [0.25, 0.3) is 5.82 Å². The van der Waals surface area contributed by atoms with Crippen LogP contribution in [-0.2, 0) is 7.05 Å². The summed E-state index contributed by atoms with van der Waals surface area (Å²) in [5, 5.41) is 0.933. The molecule has 0 atom stereocenters. The SMILES string of the molecule is Cc1cc2oc3cc(F)cc(F)c3c2cc1-c1n(-c2ccccc2C(C)C)c2ccccc2[n+]1C. The van der Waals surface area contributed by atoms with E-state index in [9.17, 15) is 8.78 Å². The molecule has 0 radical (unpaired) electrons. The van der Waals surface area contributed by atoms with Gasteiger partial charge in [-0.05, 0) is 48.7 Å². The Morgan fingerprint density at radius 3 is 2.43 bits per heavy atom. The average molecular weight is 468 g/mol. The molecule has 3 nitrogen and oxygen atoms in total. The summed E-state index contributed by atoms with van der Waals surface area (Å²) >= 11 is 0. The molecule has 2 heterocycles. The molecule has 0 saturated heterocycles. The molecule has 0 aliphatic rings. The Morgan fingerprint density at radius 2 is 1.63 bits per heavy atom. The van der Waals surface area contributed by atoms with Crippen molar-refractivity contribution in [3.63, 3.8) is 0 Å². The number of nitrogens with zero attached hydrogens (tertiary/aromatic N) is 2. The van der Waals surface area contributed by atoms with Crippen LogP contribution in [0.4, 0.5) is 8.78 Å². The molecule has 0 bridgehead atoms. The van der Waals surface area contributed by atoms with Gasteiger partial charge in [0.15, 0.2) is 11.0 Å². The molecule has 2 aromatic heterocycles. The molecule has 0 unspecified atom stereocenters. The molecule has 0 spiro atoms. The van der Waals surface area contributed by atoms with Gasteiger partial charge >= 0.3 is 0 Å². The summed E-state index contributed by atoms with van der Waals surface area (Å²) in [6.07, 6.45) is 0. The lowest BCUT2D eigenvalue weighted by Crippen LogP contribution is -2.30. The van der Waals surface area contributed by atoms with Gasteiger partial charge in [-0.3, -0.25) is 0 Å². The second kappa shape index (κ2) is 7.77. The first kappa shape index (κ1) is 21.5. The van der Waals surface area contributed by atoms with Crippen LogP contribution in [0.2, 0.25) is 0 Å². The quantitative estimate of drug-likeness (QED) is 0.244. The number of hydrogen-bond acceptors (Lipinski definition) is 1. The van der Waals surface area contributed by atoms with E-state index in [1.54, 1.807) is 0 Å². The van der Waals surface area contributed by atoms with Crippen LogP contribution in [0, 0.1) is 18.6 Å². The molecule has 0 aliphatic carbocycles. The first-order chi connectivity index (χ1) is 16.8. The number of fused-ring (bicyclic) bond motifs is 4. The van der Waals surface area contributed by atoms with E-state index < -0.39 is 11.6 Å². The van der Waals surface area contributed by atoms with Crippen LogP contribution in [0.25, 0.3) is 50.0 Å². The highest BCUT2D eigenvalue weighted by molar-refractivity contribution is 6.07. The minimum absolute atomic E-state index is 0.212. The van der Waals surface area contributed by atoms with E-state index in [0.717, 1.165) is 39.7 Å². The number of imidazole rings is 1.